The number of carbonyl (C=O) groups excluding carboxylic acids is 1. The highest BCUT2D eigenvalue weighted by atomic mass is 32.2. The average Bonchev–Trinajstić information content (AvgIpc) is 3.13. The van der Waals surface area contributed by atoms with Gasteiger partial charge in [-0.2, -0.15) is 4.31 Å². The predicted octanol–water partition coefficient (Wildman–Crippen LogP) is 1.34. The minimum absolute atomic E-state index is 0.0302. The average molecular weight is 363 g/mol. The summed E-state index contributed by atoms with van der Waals surface area (Å²) in [6, 6.07) is 3.48. The Morgan fingerprint density at radius 2 is 2.28 bits per heavy atom. The van der Waals surface area contributed by atoms with Gasteiger partial charge in [-0.05, 0) is 31.9 Å². The van der Waals surface area contributed by atoms with Crippen molar-refractivity contribution in [3.63, 3.8) is 0 Å². The van der Waals surface area contributed by atoms with E-state index in [4.69, 9.17) is 0 Å². The van der Waals surface area contributed by atoms with E-state index >= 15 is 0 Å². The molecule has 1 fully saturated rings. The number of imidazole rings is 1. The molecule has 1 saturated heterocycles. The van der Waals surface area contributed by atoms with Crippen LogP contribution in [-0.4, -0.2) is 46.3 Å². The van der Waals surface area contributed by atoms with E-state index in [0.717, 1.165) is 0 Å². The standard InChI is InChI=1S/C16H21N5O3S/c1-2-20-11-15(18-12-20)25(23,24)21-8-4-5-13(10-21)16(22)19-14-6-3-7-17-9-14/h3,6-7,9,11-13H,2,4-5,8,10H2,1H3,(H,19,22). The second kappa shape index (κ2) is 7.32. The Bertz CT molecular complexity index is 834. The van der Waals surface area contributed by atoms with E-state index in [1.165, 1.54) is 16.8 Å². The van der Waals surface area contributed by atoms with Crippen molar-refractivity contribution in [3.8, 4) is 0 Å². The highest BCUT2D eigenvalue weighted by Crippen LogP contribution is 2.24. The zero-order valence-corrected chi connectivity index (χ0v) is 14.8. The molecular weight excluding hydrogens is 342 g/mol. The molecule has 2 aromatic heterocycles. The van der Waals surface area contributed by atoms with Crippen molar-refractivity contribution in [3.05, 3.63) is 37.1 Å². The maximum atomic E-state index is 12.8. The summed E-state index contributed by atoms with van der Waals surface area (Å²) in [5.41, 5.74) is 0.606. The van der Waals surface area contributed by atoms with Gasteiger partial charge in [-0.25, -0.2) is 13.4 Å². The first kappa shape index (κ1) is 17.6. The number of sulfonamides is 1. The van der Waals surface area contributed by atoms with Gasteiger partial charge in [0.05, 0.1) is 24.1 Å². The normalized spacial score (nSPS) is 18.8. The fraction of sp³-hybridized carbons (Fsp3) is 0.438. The highest BCUT2D eigenvalue weighted by Gasteiger charge is 2.34. The summed E-state index contributed by atoms with van der Waals surface area (Å²) < 4.78 is 28.6. The highest BCUT2D eigenvalue weighted by molar-refractivity contribution is 7.89. The first-order chi connectivity index (χ1) is 12.0. The van der Waals surface area contributed by atoms with Crippen LogP contribution in [0.2, 0.25) is 0 Å². The maximum Gasteiger partial charge on any atom is 0.262 e. The van der Waals surface area contributed by atoms with Crippen LogP contribution in [0.4, 0.5) is 5.69 Å². The first-order valence-electron chi connectivity index (χ1n) is 8.23. The molecule has 1 aliphatic heterocycles. The van der Waals surface area contributed by atoms with E-state index in [1.54, 1.807) is 29.1 Å². The summed E-state index contributed by atoms with van der Waals surface area (Å²) in [5.74, 6) is -0.580. The lowest BCUT2D eigenvalue weighted by atomic mass is 9.99. The third-order valence-electron chi connectivity index (χ3n) is 4.26. The second-order valence-electron chi connectivity index (χ2n) is 5.98. The minimum Gasteiger partial charge on any atom is -0.336 e. The lowest BCUT2D eigenvalue weighted by Gasteiger charge is -2.30. The van der Waals surface area contributed by atoms with Gasteiger partial charge < -0.3 is 9.88 Å². The molecule has 8 nitrogen and oxygen atoms in total. The molecule has 1 aliphatic rings. The molecule has 1 N–H and O–H groups in total. The summed E-state index contributed by atoms with van der Waals surface area (Å²) in [6.45, 7) is 3.13. The number of rotatable bonds is 5. The second-order valence-corrected chi connectivity index (χ2v) is 7.86. The monoisotopic (exact) mass is 363 g/mol. The molecule has 0 aromatic carbocycles. The number of carbonyl (C=O) groups is 1. The van der Waals surface area contributed by atoms with Crippen LogP contribution in [0, 0.1) is 5.92 Å². The molecule has 3 rings (SSSR count). The van der Waals surface area contributed by atoms with Crippen molar-refractivity contribution in [2.24, 2.45) is 5.92 Å². The van der Waals surface area contributed by atoms with E-state index < -0.39 is 15.9 Å². The van der Waals surface area contributed by atoms with E-state index in [0.29, 0.717) is 31.6 Å². The molecule has 134 valence electrons. The SMILES string of the molecule is CCn1cnc(S(=O)(=O)N2CCCC(C(=O)Nc3cccnc3)C2)c1. The number of piperidine rings is 1. The van der Waals surface area contributed by atoms with E-state index in [2.05, 4.69) is 15.3 Å². The number of nitrogens with one attached hydrogen (secondary N) is 1. The Morgan fingerprint density at radius 1 is 1.44 bits per heavy atom. The lowest BCUT2D eigenvalue weighted by Crippen LogP contribution is -2.43. The third-order valence-corrected chi connectivity index (χ3v) is 6.01. The van der Waals surface area contributed by atoms with Crippen LogP contribution < -0.4 is 5.32 Å². The smallest absolute Gasteiger partial charge is 0.262 e. The van der Waals surface area contributed by atoms with Crippen molar-refractivity contribution in [2.75, 3.05) is 18.4 Å². The maximum absolute atomic E-state index is 12.8. The molecule has 1 unspecified atom stereocenters. The molecular formula is C16H21N5O3S. The Labute approximate surface area is 146 Å². The predicted molar refractivity (Wildman–Crippen MR) is 92.3 cm³/mol. The molecule has 1 amide bonds. The summed E-state index contributed by atoms with van der Waals surface area (Å²) in [7, 11) is -3.68. The minimum atomic E-state index is -3.68. The number of anilines is 1. The third kappa shape index (κ3) is 3.88. The molecule has 0 saturated carbocycles. The molecule has 25 heavy (non-hydrogen) atoms. The van der Waals surface area contributed by atoms with Gasteiger partial charge in [-0.15, -0.1) is 0 Å². The van der Waals surface area contributed by atoms with Crippen LogP contribution in [-0.2, 0) is 21.4 Å². The summed E-state index contributed by atoms with van der Waals surface area (Å²) in [6.07, 6.45) is 7.51. The van der Waals surface area contributed by atoms with E-state index in [-0.39, 0.29) is 17.5 Å². The Morgan fingerprint density at radius 3 is 2.96 bits per heavy atom. The molecule has 3 heterocycles. The van der Waals surface area contributed by atoms with Gasteiger partial charge in [0.1, 0.15) is 0 Å². The van der Waals surface area contributed by atoms with Crippen LogP contribution >= 0.6 is 0 Å². The fourth-order valence-corrected chi connectivity index (χ4v) is 4.29. The van der Waals surface area contributed by atoms with Gasteiger partial charge in [0, 0.05) is 32.0 Å². The number of pyridine rings is 1. The van der Waals surface area contributed by atoms with Crippen molar-refractivity contribution >= 4 is 21.6 Å². The number of aryl methyl sites for hydroxylation is 1. The first-order valence-corrected chi connectivity index (χ1v) is 9.67. The van der Waals surface area contributed by atoms with Gasteiger partial charge in [0.2, 0.25) is 5.91 Å². The van der Waals surface area contributed by atoms with Gasteiger partial charge in [0.15, 0.2) is 5.03 Å². The Balaban J connectivity index is 1.71. The molecule has 0 spiro atoms. The summed E-state index contributed by atoms with van der Waals surface area (Å²) in [5, 5.41) is 2.82. The molecule has 9 heteroatoms. The van der Waals surface area contributed by atoms with Gasteiger partial charge in [-0.1, -0.05) is 0 Å². The number of hydrogen-bond donors (Lipinski definition) is 1. The summed E-state index contributed by atoms with van der Waals surface area (Å²) >= 11 is 0. The van der Waals surface area contributed by atoms with Crippen LogP contribution in [0.1, 0.15) is 19.8 Å². The van der Waals surface area contributed by atoms with Crippen LogP contribution in [0.15, 0.2) is 42.1 Å². The van der Waals surface area contributed by atoms with Crippen molar-refractivity contribution in [2.45, 2.75) is 31.3 Å². The molecule has 0 aliphatic carbocycles. The fourth-order valence-electron chi connectivity index (χ4n) is 2.83. The van der Waals surface area contributed by atoms with E-state index in [1.807, 2.05) is 6.92 Å². The number of amides is 1. The zero-order chi connectivity index (χ0) is 17.9. The summed E-state index contributed by atoms with van der Waals surface area (Å²) in [4.78, 5) is 20.4. The van der Waals surface area contributed by atoms with Gasteiger partial charge in [-0.3, -0.25) is 9.78 Å². The Kier molecular flexibility index (Phi) is 5.14. The van der Waals surface area contributed by atoms with Crippen LogP contribution in [0.5, 0.6) is 0 Å². The number of nitrogens with zero attached hydrogens (tertiary/aromatic N) is 4. The molecule has 1 atom stereocenters. The lowest BCUT2D eigenvalue weighted by molar-refractivity contribution is -0.120. The van der Waals surface area contributed by atoms with E-state index in [9.17, 15) is 13.2 Å². The van der Waals surface area contributed by atoms with Crippen molar-refractivity contribution in [1.29, 1.82) is 0 Å². The quantitative estimate of drug-likeness (QED) is 0.864. The van der Waals surface area contributed by atoms with Crippen molar-refractivity contribution in [1.82, 2.24) is 18.8 Å². The Hall–Kier alpha value is -2.26. The largest absolute Gasteiger partial charge is 0.336 e. The molecule has 0 bridgehead atoms. The van der Waals surface area contributed by atoms with Gasteiger partial charge >= 0.3 is 0 Å². The van der Waals surface area contributed by atoms with Crippen LogP contribution in [0.25, 0.3) is 0 Å². The molecule has 0 radical (unpaired) electrons. The topological polar surface area (TPSA) is 97.2 Å². The number of hydrogen-bond acceptors (Lipinski definition) is 5. The number of aromatic nitrogens is 3. The molecule has 2 aromatic rings. The van der Waals surface area contributed by atoms with Gasteiger partial charge in [0.25, 0.3) is 10.0 Å². The van der Waals surface area contributed by atoms with Crippen LogP contribution in [0.3, 0.4) is 0 Å². The zero-order valence-electron chi connectivity index (χ0n) is 14.0. The van der Waals surface area contributed by atoms with Crippen molar-refractivity contribution < 1.29 is 13.2 Å².